The van der Waals surface area contributed by atoms with E-state index in [9.17, 15) is 4.79 Å². The number of hydrogen-bond donors (Lipinski definition) is 3. The van der Waals surface area contributed by atoms with Gasteiger partial charge < -0.3 is 21.0 Å². The highest BCUT2D eigenvalue weighted by Crippen LogP contribution is 2.22. The Labute approximate surface area is 120 Å². The number of amidine groups is 1. The summed E-state index contributed by atoms with van der Waals surface area (Å²) in [5, 5.41) is 14.5. The molecule has 4 N–H and O–H groups in total. The summed E-state index contributed by atoms with van der Waals surface area (Å²) in [5.74, 6) is -0.298. The fourth-order valence-electron chi connectivity index (χ4n) is 2.39. The number of oxime groups is 1. The Morgan fingerprint density at radius 3 is 2.65 bits per heavy atom. The molecule has 6 nitrogen and oxygen atoms in total. The van der Waals surface area contributed by atoms with E-state index >= 15 is 0 Å². The molecule has 0 aromatic rings. The molecule has 0 heterocycles. The predicted octanol–water partition coefficient (Wildman–Crippen LogP) is 1.61. The van der Waals surface area contributed by atoms with E-state index in [4.69, 9.17) is 15.7 Å². The molecule has 1 atom stereocenters. The number of carbonyl (C=O) groups is 1. The van der Waals surface area contributed by atoms with Crippen LogP contribution < -0.4 is 11.1 Å². The van der Waals surface area contributed by atoms with Crippen molar-refractivity contribution in [1.29, 1.82) is 0 Å². The van der Waals surface area contributed by atoms with Gasteiger partial charge in [-0.15, -0.1) is 0 Å². The summed E-state index contributed by atoms with van der Waals surface area (Å²) < 4.78 is 5.74. The molecule has 0 aliphatic heterocycles. The number of amides is 1. The number of nitrogens with zero attached hydrogens (tertiary/aromatic N) is 1. The van der Waals surface area contributed by atoms with Crippen molar-refractivity contribution in [3.63, 3.8) is 0 Å². The van der Waals surface area contributed by atoms with E-state index in [1.165, 1.54) is 19.3 Å². The van der Waals surface area contributed by atoms with Crippen LogP contribution in [0.25, 0.3) is 0 Å². The summed E-state index contributed by atoms with van der Waals surface area (Å²) in [6, 6.07) is 0. The van der Waals surface area contributed by atoms with Gasteiger partial charge in [-0.2, -0.15) is 0 Å². The molecule has 0 aromatic carbocycles. The van der Waals surface area contributed by atoms with Crippen LogP contribution in [0.15, 0.2) is 5.16 Å². The maximum absolute atomic E-state index is 12.1. The van der Waals surface area contributed by atoms with Gasteiger partial charge in [-0.25, -0.2) is 0 Å². The SMILES string of the molecule is CCC(C)(C(=O)NCCOC1CCCCC1)C(N)=NO. The summed E-state index contributed by atoms with van der Waals surface area (Å²) in [7, 11) is 0. The summed E-state index contributed by atoms with van der Waals surface area (Å²) in [4.78, 5) is 12.1. The second-order valence-electron chi connectivity index (χ2n) is 5.56. The van der Waals surface area contributed by atoms with Crippen LogP contribution in [0.4, 0.5) is 0 Å². The lowest BCUT2D eigenvalue weighted by Gasteiger charge is -2.26. The Morgan fingerprint density at radius 1 is 1.45 bits per heavy atom. The normalized spacial score (nSPS) is 20.4. The minimum atomic E-state index is -0.973. The van der Waals surface area contributed by atoms with Crippen molar-refractivity contribution in [2.45, 2.75) is 58.5 Å². The van der Waals surface area contributed by atoms with Gasteiger partial charge in [0.05, 0.1) is 12.7 Å². The molecule has 0 radical (unpaired) electrons. The summed E-state index contributed by atoms with van der Waals surface area (Å²) >= 11 is 0. The average molecular weight is 285 g/mol. The third-order valence-corrected chi connectivity index (χ3v) is 4.17. The molecule has 1 aliphatic rings. The Balaban J connectivity index is 2.31. The minimum Gasteiger partial charge on any atom is -0.409 e. The van der Waals surface area contributed by atoms with Gasteiger partial charge in [0.1, 0.15) is 5.41 Å². The second-order valence-corrected chi connectivity index (χ2v) is 5.56. The summed E-state index contributed by atoms with van der Waals surface area (Å²) in [6.45, 7) is 4.45. The first kappa shape index (κ1) is 16.8. The van der Waals surface area contributed by atoms with E-state index in [1.54, 1.807) is 6.92 Å². The Bertz CT molecular complexity index is 341. The molecule has 6 heteroatoms. The van der Waals surface area contributed by atoms with Crippen LogP contribution in [0.2, 0.25) is 0 Å². The molecule has 1 saturated carbocycles. The largest absolute Gasteiger partial charge is 0.409 e. The van der Waals surface area contributed by atoms with Gasteiger partial charge in [-0.3, -0.25) is 4.79 Å². The maximum atomic E-state index is 12.1. The fourth-order valence-corrected chi connectivity index (χ4v) is 2.39. The molecule has 1 amide bonds. The second kappa shape index (κ2) is 8.09. The monoisotopic (exact) mass is 285 g/mol. The van der Waals surface area contributed by atoms with E-state index in [2.05, 4.69) is 10.5 Å². The summed E-state index contributed by atoms with van der Waals surface area (Å²) in [5.41, 5.74) is 4.62. The van der Waals surface area contributed by atoms with Gasteiger partial charge in [0.15, 0.2) is 5.84 Å². The van der Waals surface area contributed by atoms with E-state index in [-0.39, 0.29) is 11.7 Å². The van der Waals surface area contributed by atoms with E-state index < -0.39 is 5.41 Å². The van der Waals surface area contributed by atoms with Crippen LogP contribution >= 0.6 is 0 Å². The molecule has 1 fully saturated rings. The van der Waals surface area contributed by atoms with Crippen LogP contribution in [-0.4, -0.2) is 36.2 Å². The number of hydrogen-bond acceptors (Lipinski definition) is 4. The number of ether oxygens (including phenoxy) is 1. The smallest absolute Gasteiger partial charge is 0.233 e. The lowest BCUT2D eigenvalue weighted by molar-refractivity contribution is -0.127. The average Bonchev–Trinajstić information content (AvgIpc) is 2.50. The maximum Gasteiger partial charge on any atom is 0.233 e. The molecule has 1 rings (SSSR count). The van der Waals surface area contributed by atoms with E-state index in [1.807, 2.05) is 6.92 Å². The van der Waals surface area contributed by atoms with Crippen molar-refractivity contribution in [3.8, 4) is 0 Å². The Hall–Kier alpha value is -1.30. The number of nitrogens with two attached hydrogens (primary N) is 1. The first-order chi connectivity index (χ1) is 9.54. The Morgan fingerprint density at radius 2 is 2.10 bits per heavy atom. The standard InChI is InChI=1S/C14H27N3O3/c1-3-14(2,12(15)17-19)13(18)16-9-10-20-11-7-5-4-6-8-11/h11,19H,3-10H2,1-2H3,(H2,15,17)(H,16,18). The highest BCUT2D eigenvalue weighted by molar-refractivity contribution is 6.06. The highest BCUT2D eigenvalue weighted by atomic mass is 16.5. The van der Waals surface area contributed by atoms with Crippen LogP contribution in [0.5, 0.6) is 0 Å². The van der Waals surface area contributed by atoms with Gasteiger partial charge in [-0.1, -0.05) is 31.3 Å². The van der Waals surface area contributed by atoms with E-state index in [0.717, 1.165) is 12.8 Å². The molecule has 1 aliphatic carbocycles. The molecule has 1 unspecified atom stereocenters. The topological polar surface area (TPSA) is 96.9 Å². The minimum absolute atomic E-state index is 0.0642. The quantitative estimate of drug-likeness (QED) is 0.218. The third-order valence-electron chi connectivity index (χ3n) is 4.17. The van der Waals surface area contributed by atoms with Crippen molar-refractivity contribution in [2.75, 3.05) is 13.2 Å². The molecular weight excluding hydrogens is 258 g/mol. The van der Waals surface area contributed by atoms with Gasteiger partial charge >= 0.3 is 0 Å². The van der Waals surface area contributed by atoms with Crippen molar-refractivity contribution < 1.29 is 14.7 Å². The molecule has 116 valence electrons. The zero-order chi connectivity index (χ0) is 15.0. The van der Waals surface area contributed by atoms with Gasteiger partial charge in [0.25, 0.3) is 0 Å². The number of nitrogens with one attached hydrogen (secondary N) is 1. The lowest BCUT2D eigenvalue weighted by Crippen LogP contribution is -2.48. The molecule has 0 aromatic heterocycles. The van der Waals surface area contributed by atoms with Crippen molar-refractivity contribution in [1.82, 2.24) is 5.32 Å². The zero-order valence-corrected chi connectivity index (χ0v) is 12.5. The van der Waals surface area contributed by atoms with Crippen molar-refractivity contribution in [3.05, 3.63) is 0 Å². The first-order valence-electron chi connectivity index (χ1n) is 7.42. The van der Waals surface area contributed by atoms with Crippen LogP contribution in [0.3, 0.4) is 0 Å². The molecule has 0 saturated heterocycles. The molecule has 20 heavy (non-hydrogen) atoms. The van der Waals surface area contributed by atoms with Crippen LogP contribution in [0.1, 0.15) is 52.4 Å². The molecule has 0 spiro atoms. The third kappa shape index (κ3) is 4.37. The van der Waals surface area contributed by atoms with Crippen LogP contribution in [0, 0.1) is 5.41 Å². The van der Waals surface area contributed by atoms with Gasteiger partial charge in [0.2, 0.25) is 5.91 Å². The van der Waals surface area contributed by atoms with Gasteiger partial charge in [0, 0.05) is 6.54 Å². The number of rotatable bonds is 7. The highest BCUT2D eigenvalue weighted by Gasteiger charge is 2.36. The molecule has 0 bridgehead atoms. The van der Waals surface area contributed by atoms with E-state index in [0.29, 0.717) is 25.7 Å². The lowest BCUT2D eigenvalue weighted by atomic mass is 9.85. The summed E-state index contributed by atoms with van der Waals surface area (Å²) in [6.07, 6.45) is 6.80. The Kier molecular flexibility index (Phi) is 6.78. The van der Waals surface area contributed by atoms with Crippen molar-refractivity contribution in [2.24, 2.45) is 16.3 Å². The molecular formula is C14H27N3O3. The first-order valence-corrected chi connectivity index (χ1v) is 7.42. The van der Waals surface area contributed by atoms with Crippen molar-refractivity contribution >= 4 is 11.7 Å². The van der Waals surface area contributed by atoms with Crippen LogP contribution in [-0.2, 0) is 9.53 Å². The zero-order valence-electron chi connectivity index (χ0n) is 12.5. The fraction of sp³-hybridized carbons (Fsp3) is 0.857. The number of carbonyl (C=O) groups excluding carboxylic acids is 1. The predicted molar refractivity (Wildman–Crippen MR) is 77.6 cm³/mol. The van der Waals surface area contributed by atoms with Gasteiger partial charge in [-0.05, 0) is 26.2 Å².